The molecule has 0 radical (unpaired) electrons. The number of aryl methyl sites for hydroxylation is 2. The van der Waals surface area contributed by atoms with Crippen molar-refractivity contribution in [2.45, 2.75) is 58.7 Å². The van der Waals surface area contributed by atoms with Crippen molar-refractivity contribution in [3.8, 4) is 11.6 Å². The predicted molar refractivity (Wildman–Crippen MR) is 197 cm³/mol. The van der Waals surface area contributed by atoms with Gasteiger partial charge in [0.2, 0.25) is 5.91 Å². The molecule has 2 atom stereocenters. The maximum absolute atomic E-state index is 12.7. The first kappa shape index (κ1) is 36.0. The van der Waals surface area contributed by atoms with Gasteiger partial charge in [-0.05, 0) is 98.3 Å². The molecule has 0 saturated carbocycles. The Labute approximate surface area is 294 Å². The Morgan fingerprint density at radius 2 is 1.54 bits per heavy atom. The van der Waals surface area contributed by atoms with Crippen LogP contribution < -0.4 is 20.7 Å². The lowest BCUT2D eigenvalue weighted by Gasteiger charge is -2.18. The van der Waals surface area contributed by atoms with Crippen LogP contribution in [0.2, 0.25) is 0 Å². The largest absolute Gasteiger partial charge is 0.497 e. The van der Waals surface area contributed by atoms with Gasteiger partial charge in [0, 0.05) is 54.4 Å². The summed E-state index contributed by atoms with van der Waals surface area (Å²) >= 11 is 0. The number of hydrogen-bond donors (Lipinski definition) is 4. The number of aromatic nitrogens is 2. The first-order valence-electron chi connectivity index (χ1n) is 17.1. The van der Waals surface area contributed by atoms with Gasteiger partial charge >= 0.3 is 0 Å². The Morgan fingerprint density at radius 3 is 2.22 bits per heavy atom. The number of nitrogens with one attached hydrogen (secondary N) is 3. The summed E-state index contributed by atoms with van der Waals surface area (Å²) in [5.41, 5.74) is 7.69. The molecule has 0 bridgehead atoms. The van der Waals surface area contributed by atoms with E-state index >= 15 is 0 Å². The first-order valence-corrected chi connectivity index (χ1v) is 17.1. The summed E-state index contributed by atoms with van der Waals surface area (Å²) in [5.74, 6) is 1.44. The SMILES string of the molecule is COc1cccc(CCNC(=O)c2ccc(CNC(=O)Cc3ccc(CC(C)NCC(O)c4ccc(-n5c(C)ccc5C)nc4)cc3)cc2)c1. The lowest BCUT2D eigenvalue weighted by atomic mass is 10.0. The molecule has 9 nitrogen and oxygen atoms in total. The second-order valence-corrected chi connectivity index (χ2v) is 12.8. The lowest BCUT2D eigenvalue weighted by molar-refractivity contribution is -0.120. The third-order valence-corrected chi connectivity index (χ3v) is 8.78. The van der Waals surface area contributed by atoms with Gasteiger partial charge in [0.05, 0.1) is 19.6 Å². The van der Waals surface area contributed by atoms with Crippen molar-refractivity contribution >= 4 is 11.8 Å². The lowest BCUT2D eigenvalue weighted by Crippen LogP contribution is -2.32. The number of pyridine rings is 1. The normalized spacial score (nSPS) is 12.3. The third-order valence-electron chi connectivity index (χ3n) is 8.78. The molecule has 50 heavy (non-hydrogen) atoms. The Kier molecular flexibility index (Phi) is 12.6. The molecule has 5 rings (SSSR count). The van der Waals surface area contributed by atoms with E-state index < -0.39 is 6.10 Å². The maximum Gasteiger partial charge on any atom is 0.251 e. The van der Waals surface area contributed by atoms with Gasteiger partial charge in [-0.15, -0.1) is 0 Å². The van der Waals surface area contributed by atoms with Gasteiger partial charge in [0.1, 0.15) is 11.6 Å². The van der Waals surface area contributed by atoms with Crippen molar-refractivity contribution in [3.63, 3.8) is 0 Å². The number of nitrogens with zero attached hydrogens (tertiary/aromatic N) is 2. The highest BCUT2D eigenvalue weighted by Gasteiger charge is 2.13. The van der Waals surface area contributed by atoms with Crippen molar-refractivity contribution in [3.05, 3.63) is 148 Å². The highest BCUT2D eigenvalue weighted by atomic mass is 16.5. The van der Waals surface area contributed by atoms with Crippen LogP contribution in [0.4, 0.5) is 0 Å². The number of ether oxygens (including phenoxy) is 1. The molecule has 2 heterocycles. The van der Waals surface area contributed by atoms with E-state index in [1.165, 1.54) is 0 Å². The number of benzene rings is 3. The summed E-state index contributed by atoms with van der Waals surface area (Å²) in [4.78, 5) is 29.8. The molecular formula is C41H47N5O4. The molecule has 5 aromatic rings. The van der Waals surface area contributed by atoms with Gasteiger partial charge in [0.25, 0.3) is 5.91 Å². The maximum atomic E-state index is 12.7. The van der Waals surface area contributed by atoms with Crippen molar-refractivity contribution in [1.29, 1.82) is 0 Å². The second kappa shape index (κ2) is 17.4. The van der Waals surface area contributed by atoms with Crippen molar-refractivity contribution < 1.29 is 19.4 Å². The number of carbonyl (C=O) groups is 2. The van der Waals surface area contributed by atoms with Crippen LogP contribution in [0.25, 0.3) is 5.82 Å². The number of rotatable bonds is 16. The highest BCUT2D eigenvalue weighted by Crippen LogP contribution is 2.18. The van der Waals surface area contributed by atoms with E-state index in [-0.39, 0.29) is 24.3 Å². The van der Waals surface area contributed by atoms with Crippen LogP contribution in [-0.4, -0.2) is 52.7 Å². The Bertz CT molecular complexity index is 1830. The van der Waals surface area contributed by atoms with Gasteiger partial charge < -0.3 is 30.4 Å². The van der Waals surface area contributed by atoms with Crippen LogP contribution in [0, 0.1) is 13.8 Å². The molecule has 2 amide bonds. The van der Waals surface area contributed by atoms with Gasteiger partial charge in [-0.25, -0.2) is 4.98 Å². The van der Waals surface area contributed by atoms with Crippen LogP contribution in [-0.2, 0) is 30.6 Å². The van der Waals surface area contributed by atoms with E-state index in [4.69, 9.17) is 4.74 Å². The minimum Gasteiger partial charge on any atom is -0.497 e. The highest BCUT2D eigenvalue weighted by molar-refractivity contribution is 5.94. The fourth-order valence-corrected chi connectivity index (χ4v) is 5.88. The zero-order chi connectivity index (χ0) is 35.5. The third kappa shape index (κ3) is 10.1. The zero-order valence-electron chi connectivity index (χ0n) is 29.3. The van der Waals surface area contributed by atoms with Crippen LogP contribution in [0.3, 0.4) is 0 Å². The van der Waals surface area contributed by atoms with E-state index in [2.05, 4.69) is 44.6 Å². The van der Waals surface area contributed by atoms with Crippen molar-refractivity contribution in [2.24, 2.45) is 0 Å². The number of carbonyl (C=O) groups excluding carboxylic acids is 2. The van der Waals surface area contributed by atoms with E-state index in [1.807, 2.05) is 86.6 Å². The molecule has 3 aromatic carbocycles. The van der Waals surface area contributed by atoms with Crippen LogP contribution >= 0.6 is 0 Å². The smallest absolute Gasteiger partial charge is 0.251 e. The van der Waals surface area contributed by atoms with E-state index in [1.54, 1.807) is 25.4 Å². The average molecular weight is 674 g/mol. The summed E-state index contributed by atoms with van der Waals surface area (Å²) in [6, 6.07) is 31.3. The number of amides is 2. The molecule has 260 valence electrons. The van der Waals surface area contributed by atoms with Crippen LogP contribution in [0.15, 0.2) is 103 Å². The average Bonchev–Trinajstić information content (AvgIpc) is 3.47. The van der Waals surface area contributed by atoms with Crippen molar-refractivity contribution in [1.82, 2.24) is 25.5 Å². The summed E-state index contributed by atoms with van der Waals surface area (Å²) in [6.07, 6.45) is 2.86. The Balaban J connectivity index is 0.994. The molecule has 0 aliphatic heterocycles. The summed E-state index contributed by atoms with van der Waals surface area (Å²) in [7, 11) is 1.64. The minimum absolute atomic E-state index is 0.0673. The molecule has 0 aliphatic carbocycles. The van der Waals surface area contributed by atoms with Gasteiger partial charge in [0.15, 0.2) is 0 Å². The van der Waals surface area contributed by atoms with E-state index in [0.717, 1.165) is 57.2 Å². The number of aliphatic hydroxyl groups excluding tert-OH is 1. The molecule has 2 unspecified atom stereocenters. The summed E-state index contributed by atoms with van der Waals surface area (Å²) in [6.45, 7) is 7.52. The fraction of sp³-hybridized carbons (Fsp3) is 0.293. The van der Waals surface area contributed by atoms with Gasteiger partial charge in [-0.1, -0.05) is 54.6 Å². The standard InChI is InChI=1S/C41H47N5O4/c1-28(43-27-38(47)36-18-19-39(44-26-36)46-29(2)8-9-30(46)3)22-32-10-12-33(13-11-32)24-40(48)45-25-34-14-16-35(17-15-34)41(49)42-21-20-31-6-5-7-37(23-31)50-4/h5-19,23,26,28,38,43,47H,20-22,24-25,27H2,1-4H3,(H,42,49)(H,45,48). The van der Waals surface area contributed by atoms with Gasteiger partial charge in [-0.3, -0.25) is 9.59 Å². The molecule has 0 spiro atoms. The van der Waals surface area contributed by atoms with Crippen molar-refractivity contribution in [2.75, 3.05) is 20.2 Å². The predicted octanol–water partition coefficient (Wildman–Crippen LogP) is 5.58. The van der Waals surface area contributed by atoms with E-state index in [0.29, 0.717) is 31.6 Å². The summed E-state index contributed by atoms with van der Waals surface area (Å²) in [5, 5.41) is 20.1. The zero-order valence-corrected chi connectivity index (χ0v) is 29.3. The van der Waals surface area contributed by atoms with Crippen LogP contribution in [0.1, 0.15) is 62.6 Å². The van der Waals surface area contributed by atoms with Gasteiger partial charge in [-0.2, -0.15) is 0 Å². The number of aliphatic hydroxyl groups is 1. The number of hydrogen-bond acceptors (Lipinski definition) is 6. The first-order chi connectivity index (χ1) is 24.2. The second-order valence-electron chi connectivity index (χ2n) is 12.8. The quantitative estimate of drug-likeness (QED) is 0.109. The molecule has 4 N–H and O–H groups in total. The fourth-order valence-electron chi connectivity index (χ4n) is 5.88. The minimum atomic E-state index is -0.662. The molecular weight excluding hydrogens is 626 g/mol. The number of methoxy groups -OCH3 is 1. The Morgan fingerprint density at radius 1 is 0.840 bits per heavy atom. The summed E-state index contributed by atoms with van der Waals surface area (Å²) < 4.78 is 7.34. The topological polar surface area (TPSA) is 118 Å². The molecule has 0 aliphatic rings. The molecule has 2 aromatic heterocycles. The molecule has 0 saturated heterocycles. The Hall–Kier alpha value is -5.25. The molecule has 9 heteroatoms. The van der Waals surface area contributed by atoms with Crippen LogP contribution in [0.5, 0.6) is 5.75 Å². The molecule has 0 fully saturated rings. The van der Waals surface area contributed by atoms with E-state index in [9.17, 15) is 14.7 Å². The monoisotopic (exact) mass is 673 g/mol.